The largest absolute Gasteiger partial charge is 0.364 e. The van der Waals surface area contributed by atoms with Gasteiger partial charge in [0.05, 0.1) is 17.7 Å². The van der Waals surface area contributed by atoms with Crippen molar-refractivity contribution in [1.29, 1.82) is 0 Å². The van der Waals surface area contributed by atoms with Gasteiger partial charge in [0.1, 0.15) is 29.2 Å². The zero-order valence-corrected chi connectivity index (χ0v) is 20.1. The highest BCUT2D eigenvalue weighted by Crippen LogP contribution is 2.35. The summed E-state index contributed by atoms with van der Waals surface area (Å²) in [6, 6.07) is 9.91. The second-order valence-electron chi connectivity index (χ2n) is 7.46. The molecule has 0 saturated carbocycles. The number of carbonyl (C=O) groups excluding carboxylic acids is 1. The summed E-state index contributed by atoms with van der Waals surface area (Å²) < 4.78 is 20.8. The zero-order chi connectivity index (χ0) is 24.9. The quantitative estimate of drug-likeness (QED) is 0.458. The molecule has 0 aliphatic carbocycles. The molecule has 9 nitrogen and oxygen atoms in total. The van der Waals surface area contributed by atoms with Crippen LogP contribution in [0.25, 0.3) is 22.9 Å². The summed E-state index contributed by atoms with van der Waals surface area (Å²) in [7, 11) is 0. The van der Waals surface area contributed by atoms with E-state index < -0.39 is 5.41 Å². The first-order chi connectivity index (χ1) is 16.4. The van der Waals surface area contributed by atoms with Crippen LogP contribution in [0, 0.1) is 5.82 Å². The zero-order valence-electron chi connectivity index (χ0n) is 20.1. The smallest absolute Gasteiger partial charge is 0.237 e. The van der Waals surface area contributed by atoms with Crippen molar-refractivity contribution in [3.05, 3.63) is 59.7 Å². The Morgan fingerprint density at radius 3 is 2.47 bits per heavy atom. The Labute approximate surface area is 197 Å². The summed E-state index contributed by atoms with van der Waals surface area (Å²) in [6.45, 7) is 11.7. The first-order valence-electron chi connectivity index (χ1n) is 11.2. The number of anilines is 1. The van der Waals surface area contributed by atoms with Crippen molar-refractivity contribution in [3.63, 3.8) is 0 Å². The van der Waals surface area contributed by atoms with Gasteiger partial charge in [-0.2, -0.15) is 5.10 Å². The minimum atomic E-state index is -0.829. The highest BCUT2D eigenvalue weighted by molar-refractivity contribution is 6.03. The van der Waals surface area contributed by atoms with Crippen LogP contribution in [-0.4, -0.2) is 36.0 Å². The molecule has 0 atom stereocenters. The molecule has 3 aromatic heterocycles. The first-order valence-corrected chi connectivity index (χ1v) is 11.2. The molecule has 4 heterocycles. The summed E-state index contributed by atoms with van der Waals surface area (Å²) in [5, 5.41) is 19.4. The van der Waals surface area contributed by atoms with E-state index in [2.05, 4.69) is 30.8 Å². The predicted octanol–water partition coefficient (Wildman–Crippen LogP) is 4.86. The highest BCUT2D eigenvalue weighted by atomic mass is 19.1. The number of halogens is 1. The fourth-order valence-corrected chi connectivity index (χ4v) is 3.31. The molecule has 34 heavy (non-hydrogen) atoms. The summed E-state index contributed by atoms with van der Waals surface area (Å²) in [5.74, 6) is 0.0823. The van der Waals surface area contributed by atoms with Gasteiger partial charge >= 0.3 is 0 Å². The number of nitrogens with zero attached hydrogens (tertiary/aromatic N) is 6. The molecular weight excluding hydrogens is 437 g/mol. The number of nitrogens with one attached hydrogen (secondary N) is 1. The van der Waals surface area contributed by atoms with Crippen LogP contribution in [0.2, 0.25) is 0 Å². The Morgan fingerprint density at radius 1 is 1.06 bits per heavy atom. The van der Waals surface area contributed by atoms with Crippen LogP contribution in [0.1, 0.15) is 52.8 Å². The van der Waals surface area contributed by atoms with Gasteiger partial charge in [-0.25, -0.2) is 9.37 Å². The maximum atomic E-state index is 14.2. The van der Waals surface area contributed by atoms with Crippen molar-refractivity contribution in [2.24, 2.45) is 0 Å². The lowest BCUT2D eigenvalue weighted by molar-refractivity contribution is -0.119. The molecule has 1 N–H and O–H groups in total. The van der Waals surface area contributed by atoms with E-state index in [9.17, 15) is 9.18 Å². The summed E-state index contributed by atoms with van der Waals surface area (Å²) in [4.78, 5) is 16.7. The molecule has 1 aromatic carbocycles. The first kappa shape index (κ1) is 24.7. The Hall–Kier alpha value is -3.95. The summed E-state index contributed by atoms with van der Waals surface area (Å²) >= 11 is 0. The van der Waals surface area contributed by atoms with Gasteiger partial charge in [0.2, 0.25) is 11.7 Å². The van der Waals surface area contributed by atoms with Crippen LogP contribution in [0.3, 0.4) is 0 Å². The number of benzene rings is 1. The minimum absolute atomic E-state index is 0.179. The minimum Gasteiger partial charge on any atom is -0.364 e. The molecule has 0 saturated heterocycles. The number of fused-ring (bicyclic) bond motifs is 1. The van der Waals surface area contributed by atoms with Crippen molar-refractivity contribution in [1.82, 2.24) is 30.1 Å². The molecule has 0 radical (unpaired) electrons. The van der Waals surface area contributed by atoms with Gasteiger partial charge in [0, 0.05) is 11.6 Å². The maximum absolute atomic E-state index is 14.2. The van der Waals surface area contributed by atoms with Crippen LogP contribution in [-0.2, 0) is 16.8 Å². The van der Waals surface area contributed by atoms with E-state index in [0.717, 1.165) is 0 Å². The number of aromatic nitrogens is 6. The number of amides is 1. The van der Waals surface area contributed by atoms with Crippen LogP contribution in [0.15, 0.2) is 47.2 Å². The standard InChI is InChI=1S/C20H16FN7O2.2C2H6/c1-20(2)16-18(23-19(20)29)25-24-17(22-16)14-9-15(13-7-8-30-27-13)28(26-14)10-11-5-3-4-6-12(11)21;2*1-2/h3-9H,10H2,1-2H3,(H,23,25,29);2*1-2H3. The lowest BCUT2D eigenvalue weighted by Crippen LogP contribution is -2.27. The Kier molecular flexibility index (Phi) is 7.50. The molecule has 10 heteroatoms. The number of rotatable bonds is 4. The second-order valence-corrected chi connectivity index (χ2v) is 7.46. The fourth-order valence-electron chi connectivity index (χ4n) is 3.31. The third-order valence-electron chi connectivity index (χ3n) is 5.07. The molecule has 1 aliphatic rings. The predicted molar refractivity (Wildman–Crippen MR) is 126 cm³/mol. The van der Waals surface area contributed by atoms with E-state index in [1.807, 2.05) is 27.7 Å². The molecule has 178 valence electrons. The second kappa shape index (κ2) is 10.3. The lowest BCUT2D eigenvalue weighted by Gasteiger charge is -2.13. The Balaban J connectivity index is 0.000000771. The van der Waals surface area contributed by atoms with E-state index in [1.165, 1.54) is 12.3 Å². The van der Waals surface area contributed by atoms with Crippen molar-refractivity contribution in [2.45, 2.75) is 53.5 Å². The van der Waals surface area contributed by atoms with E-state index in [-0.39, 0.29) is 24.1 Å². The normalized spacial score (nSPS) is 13.2. The molecule has 0 unspecified atom stereocenters. The average Bonchev–Trinajstić information content (AvgIpc) is 3.57. The van der Waals surface area contributed by atoms with Crippen molar-refractivity contribution < 1.29 is 13.7 Å². The van der Waals surface area contributed by atoms with E-state index >= 15 is 0 Å². The van der Waals surface area contributed by atoms with Crippen LogP contribution < -0.4 is 5.32 Å². The third-order valence-corrected chi connectivity index (χ3v) is 5.07. The van der Waals surface area contributed by atoms with Crippen molar-refractivity contribution >= 4 is 11.7 Å². The summed E-state index contributed by atoms with van der Waals surface area (Å²) in [5.41, 5.74) is 1.72. The van der Waals surface area contributed by atoms with Crippen LogP contribution >= 0.6 is 0 Å². The Morgan fingerprint density at radius 2 is 1.79 bits per heavy atom. The molecule has 0 fully saturated rings. The van der Waals surface area contributed by atoms with Crippen molar-refractivity contribution in [3.8, 4) is 22.9 Å². The fraction of sp³-hybridized carbons (Fsp3) is 0.333. The molecule has 0 spiro atoms. The molecule has 5 rings (SSSR count). The maximum Gasteiger partial charge on any atom is 0.237 e. The summed E-state index contributed by atoms with van der Waals surface area (Å²) in [6.07, 6.45) is 1.45. The highest BCUT2D eigenvalue weighted by Gasteiger charge is 2.41. The number of hydrogen-bond donors (Lipinski definition) is 1. The molecular formula is C24H28FN7O2. The molecule has 0 bridgehead atoms. The Bertz CT molecular complexity index is 1270. The van der Waals surface area contributed by atoms with Gasteiger partial charge in [-0.1, -0.05) is 51.1 Å². The molecule has 1 amide bonds. The number of hydrogen-bond acceptors (Lipinski definition) is 7. The van der Waals surface area contributed by atoms with Gasteiger partial charge in [0.15, 0.2) is 5.82 Å². The van der Waals surface area contributed by atoms with Crippen LogP contribution in [0.4, 0.5) is 10.2 Å². The average molecular weight is 466 g/mol. The van der Waals surface area contributed by atoms with E-state index in [4.69, 9.17) is 4.52 Å². The van der Waals surface area contributed by atoms with Gasteiger partial charge in [0.25, 0.3) is 0 Å². The topological polar surface area (TPSA) is 112 Å². The third kappa shape index (κ3) is 4.57. The monoisotopic (exact) mass is 465 g/mol. The van der Waals surface area contributed by atoms with Crippen molar-refractivity contribution in [2.75, 3.05) is 5.32 Å². The lowest BCUT2D eigenvalue weighted by atomic mass is 9.91. The molecule has 4 aromatic rings. The van der Waals surface area contributed by atoms with Gasteiger partial charge in [-0.3, -0.25) is 9.48 Å². The molecule has 1 aliphatic heterocycles. The van der Waals surface area contributed by atoms with Gasteiger partial charge in [-0.05, 0) is 26.0 Å². The van der Waals surface area contributed by atoms with E-state index in [0.29, 0.717) is 34.2 Å². The van der Waals surface area contributed by atoms with Gasteiger partial charge < -0.3 is 9.84 Å². The van der Waals surface area contributed by atoms with E-state index in [1.54, 1.807) is 48.9 Å². The van der Waals surface area contributed by atoms with Gasteiger partial charge in [-0.15, -0.1) is 10.2 Å². The SMILES string of the molecule is CC.CC.CC1(C)C(=O)Nc2nnc(-c3cc(-c4ccon4)n(Cc4ccccc4F)n3)nc21. The van der Waals surface area contributed by atoms with Crippen LogP contribution in [0.5, 0.6) is 0 Å². The number of carbonyl (C=O) groups is 1.